The van der Waals surface area contributed by atoms with E-state index >= 15 is 0 Å². The van der Waals surface area contributed by atoms with E-state index in [4.69, 9.17) is 9.47 Å². The van der Waals surface area contributed by atoms with Crippen molar-refractivity contribution in [2.75, 3.05) is 18.5 Å². The number of fused-ring (bicyclic) bond motifs is 1. The van der Waals surface area contributed by atoms with E-state index in [1.54, 1.807) is 45.0 Å². The number of rotatable bonds is 9. The Balaban J connectivity index is 1.51. The third-order valence-electron chi connectivity index (χ3n) is 7.96. The third kappa shape index (κ3) is 7.95. The maximum absolute atomic E-state index is 13.6. The van der Waals surface area contributed by atoms with Crippen molar-refractivity contribution in [3.63, 3.8) is 0 Å². The number of amides is 2. The smallest absolute Gasteiger partial charge is 0.489 e. The Kier molecular flexibility index (Phi) is 9.70. The number of hydrogen-bond donors (Lipinski definition) is 1. The number of aliphatic carboxylic acids is 1. The van der Waals surface area contributed by atoms with Crippen molar-refractivity contribution in [1.82, 2.24) is 4.90 Å². The SMILES string of the molecule is Cc1c(OCc2ccc(C3CCCC3)c(OC(F)(F)F)c2)ccc2c1CCN2C(=O)[C@@H](CC(=O)O)N(C)C(=O)OC(C)(C)C. The molecule has 2 aromatic carbocycles. The van der Waals surface area contributed by atoms with Gasteiger partial charge in [-0.1, -0.05) is 25.0 Å². The summed E-state index contributed by atoms with van der Waals surface area (Å²) in [5, 5.41) is 9.48. The molecular weight excluding hydrogens is 581 g/mol. The van der Waals surface area contributed by atoms with Crippen molar-refractivity contribution >= 4 is 23.7 Å². The van der Waals surface area contributed by atoms with Crippen molar-refractivity contribution in [3.05, 3.63) is 52.6 Å². The lowest BCUT2D eigenvalue weighted by Gasteiger charge is -2.31. The molecule has 1 heterocycles. The van der Waals surface area contributed by atoms with Crippen LogP contribution in [-0.2, 0) is 27.4 Å². The molecule has 1 fully saturated rings. The molecule has 1 aliphatic heterocycles. The number of carbonyl (C=O) groups is 3. The zero-order chi connectivity index (χ0) is 32.4. The van der Waals surface area contributed by atoms with E-state index in [2.05, 4.69) is 4.74 Å². The summed E-state index contributed by atoms with van der Waals surface area (Å²) in [5.41, 5.74) is 2.39. The Bertz CT molecular complexity index is 1400. The second kappa shape index (κ2) is 13.0. The van der Waals surface area contributed by atoms with Gasteiger partial charge in [-0.15, -0.1) is 13.2 Å². The number of ether oxygens (including phenoxy) is 3. The average molecular weight is 621 g/mol. The molecule has 1 atom stereocenters. The molecule has 0 bridgehead atoms. The average Bonchev–Trinajstić information content (AvgIpc) is 3.60. The summed E-state index contributed by atoms with van der Waals surface area (Å²) in [4.78, 5) is 40.4. The Hall–Kier alpha value is -3.96. The highest BCUT2D eigenvalue weighted by molar-refractivity contribution is 6.02. The molecule has 2 aliphatic rings. The van der Waals surface area contributed by atoms with Gasteiger partial charge in [0, 0.05) is 19.3 Å². The minimum absolute atomic E-state index is 0.00278. The first kappa shape index (κ1) is 32.9. The van der Waals surface area contributed by atoms with Crippen LogP contribution in [0.1, 0.15) is 81.0 Å². The lowest BCUT2D eigenvalue weighted by molar-refractivity contribution is -0.275. The van der Waals surface area contributed by atoms with E-state index in [0.29, 0.717) is 29.0 Å². The molecule has 0 saturated heterocycles. The maximum Gasteiger partial charge on any atom is 0.573 e. The van der Waals surface area contributed by atoms with Gasteiger partial charge in [0.25, 0.3) is 5.91 Å². The molecule has 44 heavy (non-hydrogen) atoms. The first-order valence-corrected chi connectivity index (χ1v) is 14.7. The van der Waals surface area contributed by atoms with Crippen LogP contribution in [-0.4, -0.2) is 59.6 Å². The Morgan fingerprint density at radius 2 is 1.75 bits per heavy atom. The van der Waals surface area contributed by atoms with Crippen LogP contribution >= 0.6 is 0 Å². The molecule has 2 amide bonds. The van der Waals surface area contributed by atoms with Crippen molar-refractivity contribution < 1.29 is 46.9 Å². The zero-order valence-corrected chi connectivity index (χ0v) is 25.6. The number of halogens is 3. The molecule has 1 saturated carbocycles. The molecule has 0 unspecified atom stereocenters. The number of alkyl halides is 3. The largest absolute Gasteiger partial charge is 0.573 e. The Labute approximate surface area is 254 Å². The van der Waals surface area contributed by atoms with Crippen molar-refractivity contribution in [1.29, 1.82) is 0 Å². The molecule has 4 rings (SSSR count). The van der Waals surface area contributed by atoms with Crippen LogP contribution in [0.5, 0.6) is 11.5 Å². The van der Waals surface area contributed by atoms with Crippen LogP contribution < -0.4 is 14.4 Å². The van der Waals surface area contributed by atoms with Gasteiger partial charge in [0.15, 0.2) is 0 Å². The number of anilines is 1. The molecule has 2 aromatic rings. The first-order chi connectivity index (χ1) is 20.5. The number of carboxylic acids is 1. The number of nitrogens with zero attached hydrogens (tertiary/aromatic N) is 2. The van der Waals surface area contributed by atoms with Crippen molar-refractivity contribution in [2.24, 2.45) is 0 Å². The van der Waals surface area contributed by atoms with Gasteiger partial charge < -0.3 is 24.2 Å². The Morgan fingerprint density at radius 1 is 1.07 bits per heavy atom. The van der Waals surface area contributed by atoms with Gasteiger partial charge in [0.05, 0.1) is 6.42 Å². The number of carboxylic acid groups (broad SMARTS) is 1. The fraction of sp³-hybridized carbons (Fsp3) is 0.531. The summed E-state index contributed by atoms with van der Waals surface area (Å²) in [6.07, 6.45) is -2.14. The number of carbonyl (C=O) groups excluding carboxylic acids is 2. The van der Waals surface area contributed by atoms with Crippen LogP contribution in [0.2, 0.25) is 0 Å². The predicted octanol–water partition coefficient (Wildman–Crippen LogP) is 6.73. The van der Waals surface area contributed by atoms with Crippen LogP contribution in [0, 0.1) is 6.92 Å². The van der Waals surface area contributed by atoms with E-state index in [0.717, 1.165) is 41.7 Å². The van der Waals surface area contributed by atoms with E-state index in [1.807, 2.05) is 6.92 Å². The van der Waals surface area contributed by atoms with Gasteiger partial charge in [-0.2, -0.15) is 0 Å². The normalized spacial score (nSPS) is 16.0. The van der Waals surface area contributed by atoms with Gasteiger partial charge in [0.1, 0.15) is 29.7 Å². The molecule has 1 aliphatic carbocycles. The maximum atomic E-state index is 13.6. The first-order valence-electron chi connectivity index (χ1n) is 14.7. The van der Waals surface area contributed by atoms with E-state index in [1.165, 1.54) is 18.0 Å². The molecule has 1 N–H and O–H groups in total. The van der Waals surface area contributed by atoms with E-state index < -0.39 is 42.4 Å². The second-order valence-electron chi connectivity index (χ2n) is 12.3. The highest BCUT2D eigenvalue weighted by Crippen LogP contribution is 2.41. The lowest BCUT2D eigenvalue weighted by atomic mass is 9.95. The van der Waals surface area contributed by atoms with Gasteiger partial charge in [0.2, 0.25) is 0 Å². The van der Waals surface area contributed by atoms with Gasteiger partial charge in [-0.05, 0) is 93.3 Å². The van der Waals surface area contributed by atoms with Gasteiger partial charge in [-0.25, -0.2) is 4.79 Å². The number of benzene rings is 2. The summed E-state index contributed by atoms with van der Waals surface area (Å²) in [6.45, 7) is 7.12. The van der Waals surface area contributed by atoms with E-state index in [9.17, 15) is 32.7 Å². The predicted molar refractivity (Wildman–Crippen MR) is 156 cm³/mol. The summed E-state index contributed by atoms with van der Waals surface area (Å²) in [6, 6.07) is 6.90. The lowest BCUT2D eigenvalue weighted by Crippen LogP contribution is -2.51. The topological polar surface area (TPSA) is 106 Å². The van der Waals surface area contributed by atoms with Crippen molar-refractivity contribution in [3.8, 4) is 11.5 Å². The summed E-state index contributed by atoms with van der Waals surface area (Å²) in [5.74, 6) is -1.45. The molecule has 0 aromatic heterocycles. The minimum Gasteiger partial charge on any atom is -0.489 e. The van der Waals surface area contributed by atoms with E-state index in [-0.39, 0.29) is 24.8 Å². The molecule has 0 radical (unpaired) electrons. The van der Waals surface area contributed by atoms with Gasteiger partial charge in [-0.3, -0.25) is 14.5 Å². The van der Waals surface area contributed by atoms with Crippen LogP contribution in [0.15, 0.2) is 30.3 Å². The fourth-order valence-electron chi connectivity index (χ4n) is 5.83. The fourth-order valence-corrected chi connectivity index (χ4v) is 5.83. The molecule has 240 valence electrons. The van der Waals surface area contributed by atoms with Crippen LogP contribution in [0.25, 0.3) is 0 Å². The van der Waals surface area contributed by atoms with Crippen LogP contribution in [0.4, 0.5) is 23.7 Å². The third-order valence-corrected chi connectivity index (χ3v) is 7.96. The monoisotopic (exact) mass is 620 g/mol. The molecule has 12 heteroatoms. The Morgan fingerprint density at radius 3 is 2.36 bits per heavy atom. The van der Waals surface area contributed by atoms with Crippen molar-refractivity contribution in [2.45, 2.75) is 96.7 Å². The summed E-state index contributed by atoms with van der Waals surface area (Å²) in [7, 11) is 1.34. The molecular formula is C32H39F3N2O7. The van der Waals surface area contributed by atoms with Gasteiger partial charge >= 0.3 is 18.4 Å². The number of likely N-dealkylation sites (N-methyl/N-ethyl adjacent to an activating group) is 1. The summed E-state index contributed by atoms with van der Waals surface area (Å²) >= 11 is 0. The summed E-state index contributed by atoms with van der Waals surface area (Å²) < 4.78 is 55.3. The quantitative estimate of drug-likeness (QED) is 0.331. The second-order valence-corrected chi connectivity index (χ2v) is 12.3. The highest BCUT2D eigenvalue weighted by Gasteiger charge is 2.38. The standard InChI is InChI=1S/C32H39F3N2O7/c1-19-22-14-15-37(29(40)25(17-28(38)39)36(5)30(41)44-31(2,3)4)24(22)12-13-26(19)42-18-20-10-11-23(21-8-6-7-9-21)27(16-20)43-32(33,34)35/h10-13,16,21,25H,6-9,14-15,17-18H2,1-5H3,(H,38,39)/t25-/m1/s1. The zero-order valence-electron chi connectivity index (χ0n) is 25.6. The highest BCUT2D eigenvalue weighted by atomic mass is 19.4. The van der Waals surface area contributed by atoms with Crippen LogP contribution in [0.3, 0.4) is 0 Å². The number of hydrogen-bond acceptors (Lipinski definition) is 6. The molecule has 9 nitrogen and oxygen atoms in total. The minimum atomic E-state index is -4.81. The molecule has 0 spiro atoms.